The standard InChI is InChI=1S/C15H25N5O2/c1-5-8-20-13-11(14(21)18(6-2)15(20)22)19(9-7-16)12(17-13)10(3)4/h10H,5-9,16H2,1-4H3. The number of imidazole rings is 1. The van der Waals surface area contributed by atoms with Gasteiger partial charge in [0.1, 0.15) is 5.82 Å². The first-order valence-electron chi connectivity index (χ1n) is 7.91. The van der Waals surface area contributed by atoms with Gasteiger partial charge in [0, 0.05) is 32.1 Å². The van der Waals surface area contributed by atoms with Crippen LogP contribution in [0.15, 0.2) is 9.59 Å². The molecule has 0 aliphatic heterocycles. The molecule has 2 N–H and O–H groups in total. The first-order valence-corrected chi connectivity index (χ1v) is 7.91. The summed E-state index contributed by atoms with van der Waals surface area (Å²) in [4.78, 5) is 29.8. The fraction of sp³-hybridized carbons (Fsp3) is 0.667. The van der Waals surface area contributed by atoms with Crippen LogP contribution in [0.1, 0.15) is 45.9 Å². The minimum Gasteiger partial charge on any atom is -0.329 e. The van der Waals surface area contributed by atoms with E-state index in [9.17, 15) is 9.59 Å². The lowest BCUT2D eigenvalue weighted by Gasteiger charge is -2.11. The fourth-order valence-electron chi connectivity index (χ4n) is 2.81. The minimum absolute atomic E-state index is 0.151. The van der Waals surface area contributed by atoms with Crippen molar-refractivity contribution in [2.75, 3.05) is 6.54 Å². The minimum atomic E-state index is -0.283. The number of hydrogen-bond donors (Lipinski definition) is 1. The molecule has 7 nitrogen and oxygen atoms in total. The van der Waals surface area contributed by atoms with Crippen molar-refractivity contribution in [2.24, 2.45) is 5.73 Å². The van der Waals surface area contributed by atoms with Gasteiger partial charge in [0.25, 0.3) is 5.56 Å². The molecule has 22 heavy (non-hydrogen) atoms. The molecule has 0 aliphatic carbocycles. The van der Waals surface area contributed by atoms with Crippen LogP contribution >= 0.6 is 0 Å². The zero-order chi connectivity index (χ0) is 16.4. The first kappa shape index (κ1) is 16.5. The van der Waals surface area contributed by atoms with E-state index in [1.807, 2.05) is 25.3 Å². The molecule has 0 bridgehead atoms. The molecule has 0 saturated carbocycles. The fourth-order valence-corrected chi connectivity index (χ4v) is 2.81. The van der Waals surface area contributed by atoms with Gasteiger partial charge in [-0.1, -0.05) is 20.8 Å². The van der Waals surface area contributed by atoms with E-state index < -0.39 is 0 Å². The Balaban J connectivity index is 2.98. The molecule has 0 spiro atoms. The Labute approximate surface area is 129 Å². The zero-order valence-electron chi connectivity index (χ0n) is 13.8. The van der Waals surface area contributed by atoms with Gasteiger partial charge in [-0.25, -0.2) is 9.78 Å². The normalized spacial score (nSPS) is 11.7. The summed E-state index contributed by atoms with van der Waals surface area (Å²) in [6.07, 6.45) is 0.803. The molecule has 0 atom stereocenters. The Morgan fingerprint density at radius 3 is 2.27 bits per heavy atom. The van der Waals surface area contributed by atoms with Gasteiger partial charge in [0.2, 0.25) is 0 Å². The summed E-state index contributed by atoms with van der Waals surface area (Å²) in [7, 11) is 0. The Bertz CT molecular complexity index is 782. The zero-order valence-corrected chi connectivity index (χ0v) is 13.8. The lowest BCUT2D eigenvalue weighted by Crippen LogP contribution is -2.40. The summed E-state index contributed by atoms with van der Waals surface area (Å²) in [5.41, 5.74) is 6.12. The molecule has 122 valence electrons. The molecular weight excluding hydrogens is 282 g/mol. The molecule has 0 aromatic carbocycles. The average molecular weight is 307 g/mol. The van der Waals surface area contributed by atoms with Crippen LogP contribution in [-0.4, -0.2) is 25.2 Å². The van der Waals surface area contributed by atoms with Crippen LogP contribution in [0.25, 0.3) is 11.2 Å². The van der Waals surface area contributed by atoms with Gasteiger partial charge < -0.3 is 10.3 Å². The third-order valence-electron chi connectivity index (χ3n) is 3.78. The van der Waals surface area contributed by atoms with Gasteiger partial charge >= 0.3 is 5.69 Å². The van der Waals surface area contributed by atoms with Crippen molar-refractivity contribution in [3.63, 3.8) is 0 Å². The second kappa shape index (κ2) is 6.48. The van der Waals surface area contributed by atoms with Crippen LogP contribution < -0.4 is 17.0 Å². The van der Waals surface area contributed by atoms with Crippen LogP contribution in [0.2, 0.25) is 0 Å². The number of rotatable bonds is 6. The largest absolute Gasteiger partial charge is 0.332 e. The Morgan fingerprint density at radius 1 is 1.09 bits per heavy atom. The number of aromatic nitrogens is 4. The number of nitrogens with two attached hydrogens (primary N) is 1. The van der Waals surface area contributed by atoms with Crippen molar-refractivity contribution in [2.45, 2.75) is 59.7 Å². The highest BCUT2D eigenvalue weighted by Gasteiger charge is 2.21. The van der Waals surface area contributed by atoms with Gasteiger partial charge in [-0.2, -0.15) is 0 Å². The molecule has 0 radical (unpaired) electrons. The van der Waals surface area contributed by atoms with E-state index in [-0.39, 0.29) is 17.2 Å². The van der Waals surface area contributed by atoms with Gasteiger partial charge in [0.15, 0.2) is 11.2 Å². The van der Waals surface area contributed by atoms with Gasteiger partial charge in [0.05, 0.1) is 0 Å². The van der Waals surface area contributed by atoms with Gasteiger partial charge in [-0.3, -0.25) is 13.9 Å². The summed E-state index contributed by atoms with van der Waals surface area (Å²) >= 11 is 0. The van der Waals surface area contributed by atoms with E-state index in [1.165, 1.54) is 4.57 Å². The van der Waals surface area contributed by atoms with Crippen molar-refractivity contribution >= 4 is 11.2 Å². The summed E-state index contributed by atoms with van der Waals surface area (Å²) in [6, 6.07) is 0. The SMILES string of the molecule is CCCn1c(=O)n(CC)c(=O)c2c1nc(C(C)C)n2CCN. The van der Waals surface area contributed by atoms with Crippen molar-refractivity contribution in [1.29, 1.82) is 0 Å². The van der Waals surface area contributed by atoms with E-state index in [4.69, 9.17) is 5.73 Å². The van der Waals surface area contributed by atoms with Crippen LogP contribution in [0.5, 0.6) is 0 Å². The van der Waals surface area contributed by atoms with E-state index in [2.05, 4.69) is 4.98 Å². The second-order valence-corrected chi connectivity index (χ2v) is 5.72. The van der Waals surface area contributed by atoms with Crippen molar-refractivity contribution in [3.05, 3.63) is 26.7 Å². The van der Waals surface area contributed by atoms with Gasteiger partial charge in [-0.05, 0) is 13.3 Å². The molecule has 7 heteroatoms. The number of aryl methyl sites for hydroxylation is 1. The summed E-state index contributed by atoms with van der Waals surface area (Å²) < 4.78 is 4.76. The Kier molecular flexibility index (Phi) is 4.85. The smallest absolute Gasteiger partial charge is 0.329 e. The predicted molar refractivity (Wildman–Crippen MR) is 87.4 cm³/mol. The topological polar surface area (TPSA) is 87.8 Å². The first-order chi connectivity index (χ1) is 10.5. The summed E-state index contributed by atoms with van der Waals surface area (Å²) in [5.74, 6) is 0.953. The van der Waals surface area contributed by atoms with Gasteiger partial charge in [-0.15, -0.1) is 0 Å². The highest BCUT2D eigenvalue weighted by atomic mass is 16.2. The molecule has 0 unspecified atom stereocenters. The molecule has 0 saturated heterocycles. The highest BCUT2D eigenvalue weighted by Crippen LogP contribution is 2.19. The van der Waals surface area contributed by atoms with Crippen LogP contribution in [0.4, 0.5) is 0 Å². The molecule has 0 aliphatic rings. The van der Waals surface area contributed by atoms with Crippen LogP contribution in [0.3, 0.4) is 0 Å². The van der Waals surface area contributed by atoms with Crippen LogP contribution in [-0.2, 0) is 19.6 Å². The highest BCUT2D eigenvalue weighted by molar-refractivity contribution is 5.71. The molecule has 2 aromatic heterocycles. The lowest BCUT2D eigenvalue weighted by molar-refractivity contribution is 0.577. The monoisotopic (exact) mass is 307 g/mol. The maximum atomic E-state index is 12.7. The van der Waals surface area contributed by atoms with Crippen molar-refractivity contribution < 1.29 is 0 Å². The third kappa shape index (κ3) is 2.49. The van der Waals surface area contributed by atoms with E-state index >= 15 is 0 Å². The molecule has 0 amide bonds. The number of nitrogens with zero attached hydrogens (tertiary/aromatic N) is 4. The van der Waals surface area contributed by atoms with Crippen molar-refractivity contribution in [1.82, 2.24) is 18.7 Å². The summed E-state index contributed by atoms with van der Waals surface area (Å²) in [6.45, 7) is 9.69. The van der Waals surface area contributed by atoms with Crippen molar-refractivity contribution in [3.8, 4) is 0 Å². The maximum Gasteiger partial charge on any atom is 0.332 e. The van der Waals surface area contributed by atoms with Crippen LogP contribution in [0, 0.1) is 0 Å². The Morgan fingerprint density at radius 2 is 1.77 bits per heavy atom. The average Bonchev–Trinajstić information content (AvgIpc) is 2.84. The van der Waals surface area contributed by atoms with E-state index in [1.54, 1.807) is 11.5 Å². The summed E-state index contributed by atoms with van der Waals surface area (Å²) in [5, 5.41) is 0. The third-order valence-corrected chi connectivity index (χ3v) is 3.78. The molecule has 2 heterocycles. The van der Waals surface area contributed by atoms with E-state index in [0.717, 1.165) is 12.2 Å². The number of fused-ring (bicyclic) bond motifs is 1. The molecular formula is C15H25N5O2. The van der Waals surface area contributed by atoms with E-state index in [0.29, 0.717) is 37.3 Å². The quantitative estimate of drug-likeness (QED) is 0.858. The lowest BCUT2D eigenvalue weighted by atomic mass is 10.2. The maximum absolute atomic E-state index is 12.7. The Hall–Kier alpha value is -1.89. The predicted octanol–water partition coefficient (Wildman–Crippen LogP) is 0.872. The second-order valence-electron chi connectivity index (χ2n) is 5.72. The molecule has 2 aromatic rings. The molecule has 0 fully saturated rings. The molecule has 2 rings (SSSR count). The number of hydrogen-bond acceptors (Lipinski definition) is 4.